The molecule has 1 aromatic heterocycles. The summed E-state index contributed by atoms with van der Waals surface area (Å²) in [6.07, 6.45) is 1.49. The minimum Gasteiger partial charge on any atom is -0.478 e. The summed E-state index contributed by atoms with van der Waals surface area (Å²) in [5, 5.41) is 9.13. The standard InChI is InChI=1S/C18H19N3O4/c22-17(13-5-7-25-10-13)21-6-4-14-15(9-21)20-16(19-14)11-2-1-3-12(8-11)18(23)24/h1-3,8,13H,4-7,9-10H2,(H,19,20)(H,23,24)/t13-/m0/s1. The molecule has 25 heavy (non-hydrogen) atoms. The molecule has 7 heteroatoms. The lowest BCUT2D eigenvalue weighted by Crippen LogP contribution is -2.40. The molecule has 2 aliphatic rings. The zero-order valence-corrected chi connectivity index (χ0v) is 13.7. The van der Waals surface area contributed by atoms with Crippen LogP contribution >= 0.6 is 0 Å². The maximum atomic E-state index is 12.6. The van der Waals surface area contributed by atoms with Gasteiger partial charge in [0.1, 0.15) is 5.82 Å². The Balaban J connectivity index is 1.55. The van der Waals surface area contributed by atoms with Gasteiger partial charge in [0, 0.05) is 25.1 Å². The maximum absolute atomic E-state index is 12.6. The highest BCUT2D eigenvalue weighted by atomic mass is 16.5. The van der Waals surface area contributed by atoms with E-state index in [1.54, 1.807) is 18.2 Å². The predicted octanol–water partition coefficient (Wildman–Crippen LogP) is 1.70. The summed E-state index contributed by atoms with van der Waals surface area (Å²) in [6.45, 7) is 2.33. The van der Waals surface area contributed by atoms with Crippen LogP contribution in [0, 0.1) is 5.92 Å². The van der Waals surface area contributed by atoms with E-state index in [1.807, 2.05) is 11.0 Å². The number of H-pyrrole nitrogens is 1. The van der Waals surface area contributed by atoms with Crippen molar-refractivity contribution < 1.29 is 19.4 Å². The average molecular weight is 341 g/mol. The second-order valence-electron chi connectivity index (χ2n) is 6.47. The molecule has 2 N–H and O–H groups in total. The molecule has 0 radical (unpaired) electrons. The third-order valence-electron chi connectivity index (χ3n) is 4.81. The number of carbonyl (C=O) groups excluding carboxylic acids is 1. The van der Waals surface area contributed by atoms with Gasteiger partial charge in [0.15, 0.2) is 0 Å². The van der Waals surface area contributed by atoms with Crippen molar-refractivity contribution in [3.8, 4) is 11.4 Å². The number of hydrogen-bond acceptors (Lipinski definition) is 4. The molecule has 1 atom stereocenters. The van der Waals surface area contributed by atoms with E-state index in [4.69, 9.17) is 9.84 Å². The number of nitrogens with zero attached hydrogens (tertiary/aromatic N) is 2. The zero-order chi connectivity index (χ0) is 17.4. The molecule has 0 bridgehead atoms. The summed E-state index contributed by atoms with van der Waals surface area (Å²) < 4.78 is 5.32. The number of rotatable bonds is 3. The molecule has 1 saturated heterocycles. The number of carboxylic acid groups (broad SMARTS) is 1. The molecule has 4 rings (SSSR count). The number of aromatic carboxylic acids is 1. The lowest BCUT2D eigenvalue weighted by molar-refractivity contribution is -0.136. The van der Waals surface area contributed by atoms with Gasteiger partial charge in [-0.15, -0.1) is 0 Å². The van der Waals surface area contributed by atoms with Crippen LogP contribution in [0.25, 0.3) is 11.4 Å². The van der Waals surface area contributed by atoms with Gasteiger partial charge < -0.3 is 19.7 Å². The molecule has 1 amide bonds. The minimum atomic E-state index is -0.964. The SMILES string of the molecule is O=C(O)c1cccc(-c2nc3c([nH]2)CN(C(=O)[C@H]2CCOC2)CC3)c1. The van der Waals surface area contributed by atoms with E-state index < -0.39 is 5.97 Å². The van der Waals surface area contributed by atoms with Gasteiger partial charge in [-0.05, 0) is 18.6 Å². The largest absolute Gasteiger partial charge is 0.478 e. The van der Waals surface area contributed by atoms with Crippen LogP contribution in [0.2, 0.25) is 0 Å². The molecule has 7 nitrogen and oxygen atoms in total. The van der Waals surface area contributed by atoms with Crippen LogP contribution in [0.5, 0.6) is 0 Å². The van der Waals surface area contributed by atoms with Crippen molar-refractivity contribution in [3.63, 3.8) is 0 Å². The summed E-state index contributed by atoms with van der Waals surface area (Å²) in [7, 11) is 0. The Morgan fingerprint density at radius 1 is 1.36 bits per heavy atom. The first-order chi connectivity index (χ1) is 12.1. The van der Waals surface area contributed by atoms with Crippen molar-refractivity contribution in [1.82, 2.24) is 14.9 Å². The number of aromatic nitrogens is 2. The van der Waals surface area contributed by atoms with E-state index in [1.165, 1.54) is 0 Å². The fraction of sp³-hybridized carbons (Fsp3) is 0.389. The molecule has 2 aromatic rings. The summed E-state index contributed by atoms with van der Waals surface area (Å²) in [5.74, 6) is -0.205. The number of hydrogen-bond donors (Lipinski definition) is 2. The Hall–Kier alpha value is -2.67. The zero-order valence-electron chi connectivity index (χ0n) is 13.7. The third-order valence-corrected chi connectivity index (χ3v) is 4.81. The second kappa shape index (κ2) is 6.33. The molecule has 130 valence electrons. The van der Waals surface area contributed by atoms with Crippen LogP contribution in [-0.2, 0) is 22.5 Å². The fourth-order valence-electron chi connectivity index (χ4n) is 3.41. The van der Waals surface area contributed by atoms with Gasteiger partial charge in [0.2, 0.25) is 5.91 Å². The molecule has 2 aliphatic heterocycles. The number of carboxylic acids is 1. The number of fused-ring (bicyclic) bond motifs is 1. The van der Waals surface area contributed by atoms with E-state index in [0.29, 0.717) is 38.5 Å². The normalized spacial score (nSPS) is 19.7. The Bertz CT molecular complexity index is 823. The monoisotopic (exact) mass is 341 g/mol. The second-order valence-corrected chi connectivity index (χ2v) is 6.47. The number of imidazole rings is 1. The summed E-state index contributed by atoms with van der Waals surface area (Å²) in [6, 6.07) is 6.69. The Morgan fingerprint density at radius 3 is 3.00 bits per heavy atom. The van der Waals surface area contributed by atoms with Gasteiger partial charge in [0.25, 0.3) is 0 Å². The topological polar surface area (TPSA) is 95.5 Å². The van der Waals surface area contributed by atoms with Crippen LogP contribution in [-0.4, -0.2) is 51.6 Å². The first kappa shape index (κ1) is 15.8. The number of benzene rings is 1. The van der Waals surface area contributed by atoms with Crippen molar-refractivity contribution >= 4 is 11.9 Å². The Morgan fingerprint density at radius 2 is 2.24 bits per heavy atom. The van der Waals surface area contributed by atoms with E-state index in [0.717, 1.165) is 23.4 Å². The van der Waals surface area contributed by atoms with Gasteiger partial charge in [0.05, 0.1) is 36.0 Å². The molecule has 3 heterocycles. The molecular formula is C18H19N3O4. The predicted molar refractivity (Wildman–Crippen MR) is 89.0 cm³/mol. The van der Waals surface area contributed by atoms with Crippen molar-refractivity contribution in [2.45, 2.75) is 19.4 Å². The number of carbonyl (C=O) groups is 2. The molecule has 0 spiro atoms. The van der Waals surface area contributed by atoms with Gasteiger partial charge in [-0.2, -0.15) is 0 Å². The van der Waals surface area contributed by atoms with Gasteiger partial charge in [-0.3, -0.25) is 4.79 Å². The van der Waals surface area contributed by atoms with Crippen LogP contribution in [0.1, 0.15) is 28.2 Å². The fourth-order valence-corrected chi connectivity index (χ4v) is 3.41. The number of amides is 1. The van der Waals surface area contributed by atoms with Crippen LogP contribution in [0.3, 0.4) is 0 Å². The molecule has 0 unspecified atom stereocenters. The minimum absolute atomic E-state index is 0.0313. The highest BCUT2D eigenvalue weighted by Gasteiger charge is 2.31. The molecule has 1 fully saturated rings. The van der Waals surface area contributed by atoms with E-state index in [-0.39, 0.29) is 17.4 Å². The third kappa shape index (κ3) is 3.02. The van der Waals surface area contributed by atoms with Gasteiger partial charge >= 0.3 is 5.97 Å². The van der Waals surface area contributed by atoms with Crippen LogP contribution < -0.4 is 0 Å². The van der Waals surface area contributed by atoms with Crippen molar-refractivity contribution in [1.29, 1.82) is 0 Å². The summed E-state index contributed by atoms with van der Waals surface area (Å²) in [5.41, 5.74) is 2.83. The summed E-state index contributed by atoms with van der Waals surface area (Å²) in [4.78, 5) is 33.4. The van der Waals surface area contributed by atoms with E-state index in [9.17, 15) is 9.59 Å². The maximum Gasteiger partial charge on any atom is 0.335 e. The van der Waals surface area contributed by atoms with E-state index >= 15 is 0 Å². The highest BCUT2D eigenvalue weighted by molar-refractivity contribution is 5.89. The molecule has 0 saturated carbocycles. The average Bonchev–Trinajstić information content (AvgIpc) is 3.30. The van der Waals surface area contributed by atoms with Gasteiger partial charge in [-0.1, -0.05) is 12.1 Å². The number of aromatic amines is 1. The lowest BCUT2D eigenvalue weighted by atomic mass is 10.0. The van der Waals surface area contributed by atoms with Gasteiger partial charge in [-0.25, -0.2) is 9.78 Å². The Labute approximate surface area is 144 Å². The molecular weight excluding hydrogens is 322 g/mol. The van der Waals surface area contributed by atoms with Crippen molar-refractivity contribution in [2.75, 3.05) is 19.8 Å². The highest BCUT2D eigenvalue weighted by Crippen LogP contribution is 2.25. The first-order valence-corrected chi connectivity index (χ1v) is 8.40. The molecule has 1 aromatic carbocycles. The number of ether oxygens (including phenoxy) is 1. The number of nitrogens with one attached hydrogen (secondary N) is 1. The Kier molecular flexibility index (Phi) is 4.01. The van der Waals surface area contributed by atoms with E-state index in [2.05, 4.69) is 9.97 Å². The molecule has 0 aliphatic carbocycles. The smallest absolute Gasteiger partial charge is 0.335 e. The summed E-state index contributed by atoms with van der Waals surface area (Å²) >= 11 is 0. The first-order valence-electron chi connectivity index (χ1n) is 8.40. The van der Waals surface area contributed by atoms with Crippen molar-refractivity contribution in [2.24, 2.45) is 5.92 Å². The quantitative estimate of drug-likeness (QED) is 0.886. The van der Waals surface area contributed by atoms with Crippen LogP contribution in [0.15, 0.2) is 24.3 Å². The van der Waals surface area contributed by atoms with Crippen LogP contribution in [0.4, 0.5) is 0 Å². The lowest BCUT2D eigenvalue weighted by Gasteiger charge is -2.28. The van der Waals surface area contributed by atoms with Crippen molar-refractivity contribution in [3.05, 3.63) is 41.2 Å².